The topological polar surface area (TPSA) is 58.1 Å². The highest BCUT2D eigenvalue weighted by molar-refractivity contribution is 6.30. The quantitative estimate of drug-likeness (QED) is 0.422. The first-order valence-electron chi connectivity index (χ1n) is 10.5. The highest BCUT2D eigenvalue weighted by atomic mass is 35.5. The Morgan fingerprint density at radius 3 is 2.67 bits per heavy atom. The Hall–Kier alpha value is -1.64. The lowest BCUT2D eigenvalue weighted by Gasteiger charge is -2.33. The summed E-state index contributed by atoms with van der Waals surface area (Å²) in [4.78, 5) is 6.96. The van der Waals surface area contributed by atoms with Gasteiger partial charge in [0.15, 0.2) is 5.96 Å². The number of aliphatic imine (C=N–C) groups is 1. The van der Waals surface area contributed by atoms with E-state index in [0.29, 0.717) is 29.1 Å². The Balaban J connectivity index is 1.91. The van der Waals surface area contributed by atoms with Gasteiger partial charge in [-0.1, -0.05) is 11.6 Å². The highest BCUT2D eigenvalue weighted by Crippen LogP contribution is 2.25. The van der Waals surface area contributed by atoms with Gasteiger partial charge in [-0.3, -0.25) is 0 Å². The van der Waals surface area contributed by atoms with E-state index in [1.807, 2.05) is 20.8 Å². The number of hydrogen-bond acceptors (Lipinski definition) is 4. The van der Waals surface area contributed by atoms with Gasteiger partial charge in [-0.2, -0.15) is 8.78 Å². The summed E-state index contributed by atoms with van der Waals surface area (Å²) in [5.41, 5.74) is 0.514. The number of likely N-dealkylation sites (tertiary alicyclic amines) is 1. The second-order valence-corrected chi connectivity index (χ2v) is 7.94. The van der Waals surface area contributed by atoms with E-state index in [9.17, 15) is 8.78 Å². The maximum atomic E-state index is 12.7. The van der Waals surface area contributed by atoms with Gasteiger partial charge in [0.25, 0.3) is 0 Å². The molecule has 1 saturated heterocycles. The Morgan fingerprint density at radius 1 is 1.30 bits per heavy atom. The van der Waals surface area contributed by atoms with E-state index >= 15 is 0 Å². The molecule has 1 heterocycles. The summed E-state index contributed by atoms with van der Waals surface area (Å²) in [6, 6.07) is 4.87. The largest absolute Gasteiger partial charge is 0.434 e. The third kappa shape index (κ3) is 9.02. The number of piperidine rings is 1. The summed E-state index contributed by atoms with van der Waals surface area (Å²) in [6.07, 6.45) is 2.26. The molecule has 1 aromatic carbocycles. The van der Waals surface area contributed by atoms with Gasteiger partial charge in [-0.25, -0.2) is 4.99 Å². The minimum Gasteiger partial charge on any atom is -0.434 e. The average molecular weight is 447 g/mol. The van der Waals surface area contributed by atoms with Crippen LogP contribution in [0.2, 0.25) is 5.02 Å². The predicted octanol–water partition coefficient (Wildman–Crippen LogP) is 3.89. The van der Waals surface area contributed by atoms with Crippen molar-refractivity contribution < 1.29 is 18.3 Å². The molecule has 0 aromatic heterocycles. The fourth-order valence-corrected chi connectivity index (χ4v) is 3.47. The number of ether oxygens (including phenoxy) is 2. The lowest BCUT2D eigenvalue weighted by Crippen LogP contribution is -2.49. The van der Waals surface area contributed by atoms with Crippen LogP contribution in [-0.4, -0.2) is 62.4 Å². The zero-order valence-electron chi connectivity index (χ0n) is 18.0. The number of guanidine groups is 1. The van der Waals surface area contributed by atoms with Crippen LogP contribution >= 0.6 is 11.6 Å². The lowest BCUT2D eigenvalue weighted by atomic mass is 10.1. The molecule has 0 amide bonds. The van der Waals surface area contributed by atoms with Crippen LogP contribution < -0.4 is 15.4 Å². The van der Waals surface area contributed by atoms with Crippen molar-refractivity contribution in [3.05, 3.63) is 28.8 Å². The lowest BCUT2D eigenvalue weighted by molar-refractivity contribution is -0.0504. The van der Waals surface area contributed by atoms with E-state index in [2.05, 4.69) is 25.3 Å². The van der Waals surface area contributed by atoms with Gasteiger partial charge in [-0.05, 0) is 51.8 Å². The number of nitrogens with zero attached hydrogens (tertiary/aromatic N) is 2. The smallest absolute Gasteiger partial charge is 0.387 e. The minimum absolute atomic E-state index is 0.0888. The van der Waals surface area contributed by atoms with Crippen molar-refractivity contribution >= 4 is 17.6 Å². The van der Waals surface area contributed by atoms with Crippen LogP contribution in [0.15, 0.2) is 23.2 Å². The molecule has 0 spiro atoms. The molecule has 0 aliphatic carbocycles. The molecule has 9 heteroatoms. The number of nitrogens with one attached hydrogen (secondary N) is 2. The van der Waals surface area contributed by atoms with Gasteiger partial charge >= 0.3 is 6.61 Å². The van der Waals surface area contributed by atoms with Crippen LogP contribution in [-0.2, 0) is 11.3 Å². The van der Waals surface area contributed by atoms with Gasteiger partial charge in [0.1, 0.15) is 5.75 Å². The van der Waals surface area contributed by atoms with Crippen molar-refractivity contribution in [3.8, 4) is 5.75 Å². The van der Waals surface area contributed by atoms with Gasteiger partial charge in [-0.15, -0.1) is 0 Å². The second-order valence-electron chi connectivity index (χ2n) is 7.51. The fraction of sp³-hybridized carbons (Fsp3) is 0.667. The molecule has 0 bridgehead atoms. The average Bonchev–Trinajstić information content (AvgIpc) is 2.69. The molecular weight excluding hydrogens is 414 g/mol. The molecule has 1 aliphatic rings. The summed E-state index contributed by atoms with van der Waals surface area (Å²) in [7, 11) is 0. The van der Waals surface area contributed by atoms with Gasteiger partial charge < -0.3 is 25.0 Å². The standard InChI is InChI=1S/C21H33ClF2N4O2/c1-4-25-21(26-14-16-13-17(22)5-6-19(16)30-20(23)24)27-18-7-9-28(10-8-18)11-12-29-15(2)3/h5-6,13,15,18,20H,4,7-12,14H2,1-3H3,(H2,25,26,27). The molecule has 0 saturated carbocycles. The number of rotatable bonds is 10. The number of benzene rings is 1. The summed E-state index contributed by atoms with van der Waals surface area (Å²) in [5, 5.41) is 7.12. The Kier molecular flexibility index (Phi) is 10.6. The van der Waals surface area contributed by atoms with Crippen LogP contribution in [0.4, 0.5) is 8.78 Å². The molecule has 1 aromatic rings. The Labute approximate surface area is 183 Å². The normalized spacial score (nSPS) is 16.3. The molecule has 0 unspecified atom stereocenters. The van der Waals surface area contributed by atoms with E-state index in [4.69, 9.17) is 16.3 Å². The molecule has 2 N–H and O–H groups in total. The summed E-state index contributed by atoms with van der Waals surface area (Å²) < 4.78 is 35.5. The molecule has 170 valence electrons. The van der Waals surface area contributed by atoms with Crippen LogP contribution in [0.1, 0.15) is 39.2 Å². The third-order valence-corrected chi connectivity index (χ3v) is 5.01. The van der Waals surface area contributed by atoms with Gasteiger partial charge in [0.05, 0.1) is 19.3 Å². The summed E-state index contributed by atoms with van der Waals surface area (Å²) in [6.45, 7) is 7.77. The highest BCUT2D eigenvalue weighted by Gasteiger charge is 2.20. The van der Waals surface area contributed by atoms with Crippen molar-refractivity contribution in [1.29, 1.82) is 0 Å². The predicted molar refractivity (Wildman–Crippen MR) is 117 cm³/mol. The second kappa shape index (κ2) is 12.9. The van der Waals surface area contributed by atoms with E-state index in [1.165, 1.54) is 12.1 Å². The third-order valence-electron chi connectivity index (χ3n) is 4.78. The molecule has 6 nitrogen and oxygen atoms in total. The van der Waals surface area contributed by atoms with E-state index in [1.54, 1.807) is 6.07 Å². The van der Waals surface area contributed by atoms with Crippen molar-refractivity contribution in [3.63, 3.8) is 0 Å². The Bertz CT molecular complexity index is 668. The van der Waals surface area contributed by atoms with Crippen LogP contribution in [0, 0.1) is 0 Å². The van der Waals surface area contributed by atoms with Gasteiger partial charge in [0, 0.05) is 42.8 Å². The molecule has 2 rings (SSSR count). The van der Waals surface area contributed by atoms with Crippen LogP contribution in [0.25, 0.3) is 0 Å². The van der Waals surface area contributed by atoms with Crippen molar-refractivity contribution in [1.82, 2.24) is 15.5 Å². The zero-order chi connectivity index (χ0) is 21.9. The molecule has 0 radical (unpaired) electrons. The SMILES string of the molecule is CCNC(=NCc1cc(Cl)ccc1OC(F)F)NC1CCN(CCOC(C)C)CC1. The first kappa shape index (κ1) is 24.6. The van der Waals surface area contributed by atoms with E-state index in [0.717, 1.165) is 39.1 Å². The number of alkyl halides is 2. The first-order valence-corrected chi connectivity index (χ1v) is 10.9. The maximum absolute atomic E-state index is 12.7. The monoisotopic (exact) mass is 446 g/mol. The molecule has 30 heavy (non-hydrogen) atoms. The van der Waals surface area contributed by atoms with Crippen LogP contribution in [0.3, 0.4) is 0 Å². The molecular formula is C21H33ClF2N4O2. The first-order chi connectivity index (χ1) is 14.4. The summed E-state index contributed by atoms with van der Waals surface area (Å²) in [5.74, 6) is 0.744. The fourth-order valence-electron chi connectivity index (χ4n) is 3.28. The van der Waals surface area contributed by atoms with E-state index in [-0.39, 0.29) is 18.4 Å². The zero-order valence-corrected chi connectivity index (χ0v) is 18.7. The number of hydrogen-bond donors (Lipinski definition) is 2. The molecule has 1 fully saturated rings. The van der Waals surface area contributed by atoms with Crippen molar-refractivity contribution in [2.24, 2.45) is 4.99 Å². The van der Waals surface area contributed by atoms with Crippen LogP contribution in [0.5, 0.6) is 5.75 Å². The minimum atomic E-state index is -2.89. The molecule has 1 aliphatic heterocycles. The Morgan fingerprint density at radius 2 is 2.03 bits per heavy atom. The number of halogens is 3. The van der Waals surface area contributed by atoms with Crippen molar-refractivity contribution in [2.75, 3.05) is 32.8 Å². The van der Waals surface area contributed by atoms with E-state index < -0.39 is 6.61 Å². The maximum Gasteiger partial charge on any atom is 0.387 e. The van der Waals surface area contributed by atoms with Crippen molar-refractivity contribution in [2.45, 2.75) is 58.9 Å². The van der Waals surface area contributed by atoms with Gasteiger partial charge in [0.2, 0.25) is 0 Å². The molecule has 0 atom stereocenters. The summed E-state index contributed by atoms with van der Waals surface area (Å²) >= 11 is 6.02.